The molecule has 0 fully saturated rings. The van der Waals surface area contributed by atoms with Gasteiger partial charge in [-0.05, 0) is 42.5 Å². The van der Waals surface area contributed by atoms with Crippen molar-refractivity contribution in [2.45, 2.75) is 24.5 Å². The molecule has 20 heavy (non-hydrogen) atoms. The van der Waals surface area contributed by atoms with E-state index in [9.17, 15) is 13.2 Å². The molecular weight excluding hydrogens is 296 g/mol. The van der Waals surface area contributed by atoms with E-state index in [0.717, 1.165) is 16.9 Å². The van der Waals surface area contributed by atoms with Gasteiger partial charge in [0, 0.05) is 0 Å². The average molecular weight is 310 g/mol. The summed E-state index contributed by atoms with van der Waals surface area (Å²) in [5.41, 5.74) is 2.00. The molecule has 0 bridgehead atoms. The second-order valence-corrected chi connectivity index (χ2v) is 7.48. The van der Waals surface area contributed by atoms with Crippen LogP contribution in [-0.2, 0) is 15.6 Å². The van der Waals surface area contributed by atoms with Gasteiger partial charge in [0.2, 0.25) is 0 Å². The second-order valence-electron chi connectivity index (χ2n) is 4.61. The minimum Gasteiger partial charge on any atom is -0.477 e. The van der Waals surface area contributed by atoms with Crippen LogP contribution >= 0.6 is 11.3 Å². The summed E-state index contributed by atoms with van der Waals surface area (Å²) < 4.78 is 24.8. The molecule has 0 atom stereocenters. The Kier molecular flexibility index (Phi) is 3.96. The van der Waals surface area contributed by atoms with Gasteiger partial charge in [-0.25, -0.2) is 13.2 Å². The number of aryl methyl sites for hydroxylation is 2. The van der Waals surface area contributed by atoms with Gasteiger partial charge in [-0.15, -0.1) is 11.3 Å². The molecule has 0 aliphatic rings. The first-order valence-corrected chi connectivity index (χ1v) is 8.44. The highest BCUT2D eigenvalue weighted by molar-refractivity contribution is 7.90. The minimum atomic E-state index is -3.54. The lowest BCUT2D eigenvalue weighted by atomic mass is 10.2. The highest BCUT2D eigenvalue weighted by Gasteiger charge is 2.22. The lowest BCUT2D eigenvalue weighted by Crippen LogP contribution is -2.09. The highest BCUT2D eigenvalue weighted by atomic mass is 32.2. The fraction of sp³-hybridized carbons (Fsp3) is 0.214. The highest BCUT2D eigenvalue weighted by Crippen LogP contribution is 2.25. The van der Waals surface area contributed by atoms with Crippen LogP contribution in [0.2, 0.25) is 0 Å². The van der Waals surface area contributed by atoms with E-state index in [0.29, 0.717) is 11.1 Å². The van der Waals surface area contributed by atoms with E-state index in [4.69, 9.17) is 5.11 Å². The molecule has 0 saturated heterocycles. The zero-order valence-electron chi connectivity index (χ0n) is 11.1. The summed E-state index contributed by atoms with van der Waals surface area (Å²) in [5.74, 6) is -1.38. The number of hydrogen-bond acceptors (Lipinski definition) is 4. The predicted molar refractivity (Wildman–Crippen MR) is 78.1 cm³/mol. The van der Waals surface area contributed by atoms with E-state index >= 15 is 0 Å². The van der Waals surface area contributed by atoms with E-state index < -0.39 is 15.8 Å². The molecule has 1 N–H and O–H groups in total. The van der Waals surface area contributed by atoms with E-state index in [1.165, 1.54) is 0 Å². The molecule has 0 aliphatic carbocycles. The molecule has 1 aromatic carbocycles. The monoisotopic (exact) mass is 310 g/mol. The molecule has 4 nitrogen and oxygen atoms in total. The van der Waals surface area contributed by atoms with Crippen molar-refractivity contribution in [3.8, 4) is 0 Å². The average Bonchev–Trinajstić information content (AvgIpc) is 2.75. The number of benzene rings is 1. The molecule has 106 valence electrons. The summed E-state index contributed by atoms with van der Waals surface area (Å²) in [7, 11) is -3.54. The fourth-order valence-corrected chi connectivity index (χ4v) is 4.55. The molecule has 2 aromatic rings. The van der Waals surface area contributed by atoms with E-state index in [2.05, 4.69) is 0 Å². The number of rotatable bonds is 4. The molecule has 0 unspecified atom stereocenters. The van der Waals surface area contributed by atoms with Crippen molar-refractivity contribution in [3.05, 3.63) is 51.2 Å². The summed E-state index contributed by atoms with van der Waals surface area (Å²) >= 11 is 1.04. The van der Waals surface area contributed by atoms with Crippen LogP contribution < -0.4 is 0 Å². The van der Waals surface area contributed by atoms with Crippen molar-refractivity contribution < 1.29 is 18.3 Å². The summed E-state index contributed by atoms with van der Waals surface area (Å²) in [6, 6.07) is 6.67. The third-order valence-electron chi connectivity index (χ3n) is 2.95. The van der Waals surface area contributed by atoms with Crippen molar-refractivity contribution in [2.24, 2.45) is 0 Å². The van der Waals surface area contributed by atoms with Gasteiger partial charge in [0.15, 0.2) is 9.84 Å². The van der Waals surface area contributed by atoms with Crippen molar-refractivity contribution in [2.75, 3.05) is 0 Å². The molecule has 0 saturated carbocycles. The van der Waals surface area contributed by atoms with Crippen LogP contribution in [0.25, 0.3) is 0 Å². The molecule has 1 aromatic heterocycles. The van der Waals surface area contributed by atoms with Crippen molar-refractivity contribution in [1.82, 2.24) is 0 Å². The lowest BCUT2D eigenvalue weighted by molar-refractivity contribution is 0.0701. The lowest BCUT2D eigenvalue weighted by Gasteiger charge is -2.08. The molecule has 6 heteroatoms. The standard InChI is InChI=1S/C14H14O4S2/c1-9-3-4-12(10(2)7-9)20(17,18)8-11-5-6-19-13(11)14(15)16/h3-7H,8H2,1-2H3,(H,15,16). The van der Waals surface area contributed by atoms with Gasteiger partial charge in [0.25, 0.3) is 0 Å². The van der Waals surface area contributed by atoms with Crippen LogP contribution in [0.1, 0.15) is 26.4 Å². The van der Waals surface area contributed by atoms with E-state index in [-0.39, 0.29) is 15.5 Å². The van der Waals surface area contributed by atoms with Crippen LogP contribution in [0, 0.1) is 13.8 Å². The first-order valence-electron chi connectivity index (χ1n) is 5.91. The molecule has 0 amide bonds. The first kappa shape index (κ1) is 14.7. The Balaban J connectivity index is 2.41. The third kappa shape index (κ3) is 2.91. The van der Waals surface area contributed by atoms with Gasteiger partial charge in [-0.1, -0.05) is 17.7 Å². The number of carbonyl (C=O) groups is 1. The molecule has 0 spiro atoms. The predicted octanol–water partition coefficient (Wildman–Crippen LogP) is 3.04. The maximum Gasteiger partial charge on any atom is 0.346 e. The number of carboxylic acid groups (broad SMARTS) is 1. The Morgan fingerprint density at radius 3 is 2.55 bits per heavy atom. The number of carboxylic acids is 1. The number of aromatic carboxylic acids is 1. The van der Waals surface area contributed by atoms with Gasteiger partial charge >= 0.3 is 5.97 Å². The SMILES string of the molecule is Cc1ccc(S(=O)(=O)Cc2ccsc2C(=O)O)c(C)c1. The van der Waals surface area contributed by atoms with Gasteiger partial charge in [-0.3, -0.25) is 0 Å². The van der Waals surface area contributed by atoms with Crippen LogP contribution in [0.15, 0.2) is 34.5 Å². The largest absolute Gasteiger partial charge is 0.477 e. The molecule has 0 radical (unpaired) electrons. The van der Waals surface area contributed by atoms with Crippen molar-refractivity contribution >= 4 is 27.1 Å². The smallest absolute Gasteiger partial charge is 0.346 e. The van der Waals surface area contributed by atoms with Gasteiger partial charge in [0.05, 0.1) is 10.6 Å². The Morgan fingerprint density at radius 2 is 1.95 bits per heavy atom. The quantitative estimate of drug-likeness (QED) is 0.942. The normalized spacial score (nSPS) is 11.5. The van der Waals surface area contributed by atoms with E-state index in [1.807, 2.05) is 6.92 Å². The Bertz CT molecular complexity index is 757. The maximum absolute atomic E-state index is 12.4. The second kappa shape index (κ2) is 5.38. The van der Waals surface area contributed by atoms with Crippen molar-refractivity contribution in [1.29, 1.82) is 0 Å². The minimum absolute atomic E-state index is 0.0818. The van der Waals surface area contributed by atoms with Crippen LogP contribution in [0.5, 0.6) is 0 Å². The number of sulfone groups is 1. The Hall–Kier alpha value is -1.66. The van der Waals surface area contributed by atoms with Gasteiger partial charge in [0.1, 0.15) is 4.88 Å². The van der Waals surface area contributed by atoms with Gasteiger partial charge in [-0.2, -0.15) is 0 Å². The summed E-state index contributed by atoms with van der Waals surface area (Å²) in [5, 5.41) is 10.6. The van der Waals surface area contributed by atoms with Crippen molar-refractivity contribution in [3.63, 3.8) is 0 Å². The summed E-state index contributed by atoms with van der Waals surface area (Å²) in [6.45, 7) is 3.64. The summed E-state index contributed by atoms with van der Waals surface area (Å²) in [4.78, 5) is 11.4. The number of hydrogen-bond donors (Lipinski definition) is 1. The number of thiophene rings is 1. The van der Waals surface area contributed by atoms with Crippen LogP contribution in [0.4, 0.5) is 0 Å². The topological polar surface area (TPSA) is 71.4 Å². The Labute approximate surface area is 121 Å². The maximum atomic E-state index is 12.4. The Morgan fingerprint density at radius 1 is 1.25 bits per heavy atom. The first-order chi connectivity index (χ1) is 9.31. The van der Waals surface area contributed by atoms with E-state index in [1.54, 1.807) is 36.6 Å². The molecule has 1 heterocycles. The third-order valence-corrected chi connectivity index (χ3v) is 5.72. The zero-order chi connectivity index (χ0) is 14.9. The molecular formula is C14H14O4S2. The van der Waals surface area contributed by atoms with Crippen LogP contribution in [-0.4, -0.2) is 19.5 Å². The fourth-order valence-electron chi connectivity index (χ4n) is 2.07. The van der Waals surface area contributed by atoms with Gasteiger partial charge < -0.3 is 5.11 Å². The molecule has 2 rings (SSSR count). The zero-order valence-corrected chi connectivity index (χ0v) is 12.7. The molecule has 0 aliphatic heterocycles. The van der Waals surface area contributed by atoms with Crippen LogP contribution in [0.3, 0.4) is 0 Å². The summed E-state index contributed by atoms with van der Waals surface area (Å²) in [6.07, 6.45) is 0.